The minimum absolute atomic E-state index is 0.00467. The van der Waals surface area contributed by atoms with Gasteiger partial charge in [-0.15, -0.1) is 0 Å². The van der Waals surface area contributed by atoms with Gasteiger partial charge in [0.2, 0.25) is 5.91 Å². The molecule has 0 aromatic carbocycles. The van der Waals surface area contributed by atoms with Crippen molar-refractivity contribution in [2.75, 3.05) is 6.54 Å². The molecule has 7 nitrogen and oxygen atoms in total. The van der Waals surface area contributed by atoms with Crippen molar-refractivity contribution in [2.45, 2.75) is 33.2 Å². The highest BCUT2D eigenvalue weighted by Gasteiger charge is 2.50. The summed E-state index contributed by atoms with van der Waals surface area (Å²) in [7, 11) is 1.96. The SMILES string of the molecule is Cc1nc(CC(=O)N2CC(C)(C)C2c2nccn2C)n[nH]1. The largest absolute Gasteiger partial charge is 0.336 e. The third-order valence-corrected chi connectivity index (χ3v) is 4.01. The van der Waals surface area contributed by atoms with Gasteiger partial charge in [-0.2, -0.15) is 5.10 Å². The van der Waals surface area contributed by atoms with Crippen LogP contribution in [0.15, 0.2) is 12.4 Å². The minimum atomic E-state index is 0.00467. The number of likely N-dealkylation sites (tertiary alicyclic amines) is 1. The monoisotopic (exact) mass is 288 g/mol. The van der Waals surface area contributed by atoms with E-state index in [9.17, 15) is 4.79 Å². The summed E-state index contributed by atoms with van der Waals surface area (Å²) in [5.41, 5.74) is 0.0314. The number of rotatable bonds is 3. The number of imidazole rings is 1. The maximum Gasteiger partial charge on any atom is 0.230 e. The Labute approximate surface area is 123 Å². The van der Waals surface area contributed by atoms with E-state index >= 15 is 0 Å². The molecule has 1 aliphatic rings. The molecule has 0 bridgehead atoms. The first-order valence-electron chi connectivity index (χ1n) is 7.03. The molecule has 7 heteroatoms. The summed E-state index contributed by atoms with van der Waals surface area (Å²) >= 11 is 0. The summed E-state index contributed by atoms with van der Waals surface area (Å²) in [6, 6.07) is 0.00467. The number of nitrogens with one attached hydrogen (secondary N) is 1. The molecule has 3 rings (SSSR count). The summed E-state index contributed by atoms with van der Waals surface area (Å²) in [6.07, 6.45) is 3.90. The summed E-state index contributed by atoms with van der Waals surface area (Å²) in [6.45, 7) is 6.87. The van der Waals surface area contributed by atoms with Gasteiger partial charge in [0.05, 0.1) is 12.5 Å². The molecular formula is C14H20N6O. The van der Waals surface area contributed by atoms with Crippen LogP contribution >= 0.6 is 0 Å². The first-order chi connectivity index (χ1) is 9.88. The van der Waals surface area contributed by atoms with Gasteiger partial charge in [0.1, 0.15) is 11.6 Å². The summed E-state index contributed by atoms with van der Waals surface area (Å²) in [5, 5.41) is 6.80. The Morgan fingerprint density at radius 1 is 1.52 bits per heavy atom. The van der Waals surface area contributed by atoms with Crippen molar-refractivity contribution in [1.29, 1.82) is 0 Å². The van der Waals surface area contributed by atoms with Gasteiger partial charge in [0.25, 0.3) is 0 Å². The molecule has 1 N–H and O–H groups in total. The number of carbonyl (C=O) groups is 1. The quantitative estimate of drug-likeness (QED) is 0.913. The predicted octanol–water partition coefficient (Wildman–Crippen LogP) is 0.999. The van der Waals surface area contributed by atoms with Crippen LogP contribution in [0.4, 0.5) is 0 Å². The van der Waals surface area contributed by atoms with Crippen molar-refractivity contribution in [3.8, 4) is 0 Å². The van der Waals surface area contributed by atoms with E-state index in [1.54, 1.807) is 6.20 Å². The zero-order valence-corrected chi connectivity index (χ0v) is 12.8. The maximum atomic E-state index is 12.5. The Balaban J connectivity index is 1.79. The van der Waals surface area contributed by atoms with Crippen molar-refractivity contribution < 1.29 is 4.79 Å². The second-order valence-electron chi connectivity index (χ2n) is 6.32. The van der Waals surface area contributed by atoms with Gasteiger partial charge in [0.15, 0.2) is 5.82 Å². The van der Waals surface area contributed by atoms with Gasteiger partial charge in [-0.05, 0) is 6.92 Å². The van der Waals surface area contributed by atoms with E-state index in [1.807, 2.05) is 29.6 Å². The molecule has 2 aromatic heterocycles. The molecule has 0 aliphatic carbocycles. The molecule has 1 amide bonds. The first-order valence-corrected chi connectivity index (χ1v) is 7.03. The fraction of sp³-hybridized carbons (Fsp3) is 0.571. The zero-order valence-electron chi connectivity index (χ0n) is 12.8. The van der Waals surface area contributed by atoms with Crippen molar-refractivity contribution in [3.63, 3.8) is 0 Å². The van der Waals surface area contributed by atoms with Crippen LogP contribution in [0, 0.1) is 12.3 Å². The lowest BCUT2D eigenvalue weighted by Crippen LogP contribution is -2.59. The molecule has 1 atom stereocenters. The van der Waals surface area contributed by atoms with E-state index in [1.165, 1.54) is 0 Å². The second-order valence-corrected chi connectivity index (χ2v) is 6.32. The average molecular weight is 288 g/mol. The molecule has 0 radical (unpaired) electrons. The second kappa shape index (κ2) is 4.68. The van der Waals surface area contributed by atoms with Crippen molar-refractivity contribution in [2.24, 2.45) is 12.5 Å². The fourth-order valence-electron chi connectivity index (χ4n) is 2.99. The number of nitrogens with zero attached hydrogens (tertiary/aromatic N) is 5. The lowest BCUT2D eigenvalue weighted by molar-refractivity contribution is -0.152. The molecule has 21 heavy (non-hydrogen) atoms. The predicted molar refractivity (Wildman–Crippen MR) is 76.3 cm³/mol. The molecule has 1 unspecified atom stereocenters. The van der Waals surface area contributed by atoms with Crippen LogP contribution in [0.25, 0.3) is 0 Å². The molecule has 1 saturated heterocycles. The van der Waals surface area contributed by atoms with Crippen molar-refractivity contribution >= 4 is 5.91 Å². The molecule has 1 aliphatic heterocycles. The highest BCUT2D eigenvalue weighted by Crippen LogP contribution is 2.47. The number of hydrogen-bond donors (Lipinski definition) is 1. The maximum absolute atomic E-state index is 12.5. The lowest BCUT2D eigenvalue weighted by Gasteiger charge is -2.53. The highest BCUT2D eigenvalue weighted by molar-refractivity contribution is 5.79. The topological polar surface area (TPSA) is 79.7 Å². The Kier molecular flexibility index (Phi) is 3.07. The smallest absolute Gasteiger partial charge is 0.230 e. The summed E-state index contributed by atoms with van der Waals surface area (Å²) < 4.78 is 1.97. The minimum Gasteiger partial charge on any atom is -0.336 e. The number of aromatic amines is 1. The summed E-state index contributed by atoms with van der Waals surface area (Å²) in [4.78, 5) is 23.0. The number of carbonyl (C=O) groups excluding carboxylic acids is 1. The molecule has 3 heterocycles. The number of H-pyrrole nitrogens is 1. The first kappa shape index (κ1) is 13.8. The van der Waals surface area contributed by atoms with Gasteiger partial charge in [0, 0.05) is 31.4 Å². The van der Waals surface area contributed by atoms with Crippen LogP contribution in [0.3, 0.4) is 0 Å². The molecule has 112 valence electrons. The molecular weight excluding hydrogens is 268 g/mol. The van der Waals surface area contributed by atoms with Gasteiger partial charge >= 0.3 is 0 Å². The Morgan fingerprint density at radius 3 is 2.81 bits per heavy atom. The third-order valence-electron chi connectivity index (χ3n) is 4.01. The van der Waals surface area contributed by atoms with Crippen LogP contribution in [0.5, 0.6) is 0 Å². The Hall–Kier alpha value is -2.18. The average Bonchev–Trinajstić information content (AvgIpc) is 2.97. The molecule has 0 spiro atoms. The Morgan fingerprint density at radius 2 is 2.29 bits per heavy atom. The van der Waals surface area contributed by atoms with E-state index in [4.69, 9.17) is 0 Å². The van der Waals surface area contributed by atoms with Gasteiger partial charge in [-0.25, -0.2) is 9.97 Å². The standard InChI is InChI=1S/C14H20N6O/c1-9-16-10(18-17-9)7-11(21)20-8-14(2,3)12(20)13-15-5-6-19(13)4/h5-6,12H,7-8H2,1-4H3,(H,16,17,18). The molecule has 2 aromatic rings. The number of aryl methyl sites for hydroxylation is 2. The number of hydrogen-bond acceptors (Lipinski definition) is 4. The lowest BCUT2D eigenvalue weighted by atomic mass is 9.74. The van der Waals surface area contributed by atoms with E-state index in [-0.39, 0.29) is 23.8 Å². The van der Waals surface area contributed by atoms with E-state index < -0.39 is 0 Å². The number of aromatic nitrogens is 5. The van der Waals surface area contributed by atoms with Gasteiger partial charge < -0.3 is 9.47 Å². The van der Waals surface area contributed by atoms with Crippen molar-refractivity contribution in [1.82, 2.24) is 29.6 Å². The van der Waals surface area contributed by atoms with Crippen molar-refractivity contribution in [3.05, 3.63) is 29.9 Å². The highest BCUT2D eigenvalue weighted by atomic mass is 16.2. The van der Waals surface area contributed by atoms with E-state index in [0.717, 1.165) is 18.2 Å². The summed E-state index contributed by atoms with van der Waals surface area (Å²) in [5.74, 6) is 2.23. The molecule has 0 saturated carbocycles. The van der Waals surface area contributed by atoms with Crippen LogP contribution < -0.4 is 0 Å². The van der Waals surface area contributed by atoms with E-state index in [0.29, 0.717) is 5.82 Å². The van der Waals surface area contributed by atoms with Crippen LogP contribution in [0.2, 0.25) is 0 Å². The normalized spacial score (nSPS) is 20.4. The van der Waals surface area contributed by atoms with Gasteiger partial charge in [-0.3, -0.25) is 9.89 Å². The fourth-order valence-corrected chi connectivity index (χ4v) is 2.99. The van der Waals surface area contributed by atoms with Crippen LogP contribution in [-0.4, -0.2) is 42.1 Å². The third kappa shape index (κ3) is 2.32. The number of amides is 1. The van der Waals surface area contributed by atoms with Crippen LogP contribution in [-0.2, 0) is 18.3 Å². The Bertz CT molecular complexity index is 671. The van der Waals surface area contributed by atoms with Crippen LogP contribution in [0.1, 0.15) is 37.4 Å². The van der Waals surface area contributed by atoms with Gasteiger partial charge in [-0.1, -0.05) is 13.8 Å². The van der Waals surface area contributed by atoms with E-state index in [2.05, 4.69) is 34.0 Å². The zero-order chi connectivity index (χ0) is 15.2. The molecule has 1 fully saturated rings.